The topological polar surface area (TPSA) is 143 Å². The largest absolute Gasteiger partial charge is 0.504 e. The Bertz CT molecular complexity index is 781. The van der Waals surface area contributed by atoms with Crippen LogP contribution in [0.25, 0.3) is 0 Å². The molecule has 0 saturated heterocycles. The van der Waals surface area contributed by atoms with Crippen LogP contribution in [0, 0.1) is 0 Å². The molecule has 128 valence electrons. The van der Waals surface area contributed by atoms with Gasteiger partial charge in [0.2, 0.25) is 23.2 Å². The zero-order valence-corrected chi connectivity index (χ0v) is 13.8. The van der Waals surface area contributed by atoms with E-state index < -0.39 is 11.5 Å². The van der Waals surface area contributed by atoms with Crippen molar-refractivity contribution in [3.05, 3.63) is 22.3 Å². The lowest BCUT2D eigenvalue weighted by atomic mass is 10.0. The lowest BCUT2D eigenvalue weighted by Crippen LogP contribution is -2.11. The molecule has 0 bridgehead atoms. The van der Waals surface area contributed by atoms with Crippen LogP contribution < -0.4 is 25.7 Å². The van der Waals surface area contributed by atoms with Crippen molar-refractivity contribution in [1.82, 2.24) is 9.97 Å². The number of ether oxygens (including phenoxy) is 3. The van der Waals surface area contributed by atoms with E-state index in [4.69, 9.17) is 37.3 Å². The van der Waals surface area contributed by atoms with E-state index in [1.807, 2.05) is 0 Å². The van der Waals surface area contributed by atoms with E-state index in [0.717, 1.165) is 6.20 Å². The number of ketones is 1. The first-order valence-electron chi connectivity index (χ1n) is 6.50. The molecule has 1 aromatic carbocycles. The fourth-order valence-corrected chi connectivity index (χ4v) is 2.46. The summed E-state index contributed by atoms with van der Waals surface area (Å²) in [6.07, 6.45) is 1.14. The third-order valence-corrected chi connectivity index (χ3v) is 3.56. The maximum Gasteiger partial charge on any atom is 0.221 e. The molecule has 0 atom stereocenters. The summed E-state index contributed by atoms with van der Waals surface area (Å²) < 4.78 is 15.4. The quantitative estimate of drug-likeness (QED) is 0.676. The second-order valence-electron chi connectivity index (χ2n) is 4.49. The molecule has 10 heteroatoms. The van der Waals surface area contributed by atoms with Gasteiger partial charge in [-0.2, -0.15) is 4.98 Å². The first-order valence-corrected chi connectivity index (χ1v) is 6.88. The first-order chi connectivity index (χ1) is 11.4. The minimum Gasteiger partial charge on any atom is -0.504 e. The number of halogens is 1. The minimum absolute atomic E-state index is 0.0205. The van der Waals surface area contributed by atoms with Gasteiger partial charge in [0.1, 0.15) is 10.8 Å². The smallest absolute Gasteiger partial charge is 0.221 e. The van der Waals surface area contributed by atoms with Gasteiger partial charge >= 0.3 is 0 Å². The molecule has 0 spiro atoms. The van der Waals surface area contributed by atoms with Crippen molar-refractivity contribution >= 4 is 29.2 Å². The SMILES string of the molecule is COc1c(O)c(C(=O)c2cnc(N)nc2N)c(Cl)c(OC)c1OC. The molecular formula is C14H15ClN4O5. The molecule has 24 heavy (non-hydrogen) atoms. The Morgan fingerprint density at radius 1 is 1.12 bits per heavy atom. The van der Waals surface area contributed by atoms with Crippen LogP contribution in [-0.4, -0.2) is 42.2 Å². The van der Waals surface area contributed by atoms with Crippen LogP contribution in [0.4, 0.5) is 11.8 Å². The number of nitrogens with zero attached hydrogens (tertiary/aromatic N) is 2. The summed E-state index contributed by atoms with van der Waals surface area (Å²) in [7, 11) is 3.96. The highest BCUT2D eigenvalue weighted by atomic mass is 35.5. The third kappa shape index (κ3) is 2.69. The summed E-state index contributed by atoms with van der Waals surface area (Å²) in [5, 5.41) is 10.2. The Morgan fingerprint density at radius 3 is 2.21 bits per heavy atom. The number of rotatable bonds is 5. The molecule has 0 amide bonds. The van der Waals surface area contributed by atoms with Gasteiger partial charge in [-0.3, -0.25) is 4.79 Å². The predicted molar refractivity (Wildman–Crippen MR) is 87.1 cm³/mol. The van der Waals surface area contributed by atoms with Gasteiger partial charge in [-0.15, -0.1) is 0 Å². The third-order valence-electron chi connectivity index (χ3n) is 3.20. The van der Waals surface area contributed by atoms with Crippen LogP contribution in [0.5, 0.6) is 23.0 Å². The standard InChI is InChI=1S/C14H15ClN4O5/c1-22-10-7(15)6(9(21)11(23-2)12(10)24-3)8(20)5-4-18-14(17)19-13(5)16/h4,21H,1-3H3,(H4,16,17,18,19). The van der Waals surface area contributed by atoms with Gasteiger partial charge in [0, 0.05) is 6.20 Å². The van der Waals surface area contributed by atoms with E-state index >= 15 is 0 Å². The maximum atomic E-state index is 12.8. The number of phenols is 1. The first kappa shape index (κ1) is 17.4. The Kier molecular flexibility index (Phi) is 4.84. The van der Waals surface area contributed by atoms with Crippen LogP contribution in [0.15, 0.2) is 6.20 Å². The van der Waals surface area contributed by atoms with Gasteiger partial charge < -0.3 is 30.8 Å². The zero-order chi connectivity index (χ0) is 18.0. The van der Waals surface area contributed by atoms with Crippen molar-refractivity contribution in [2.24, 2.45) is 0 Å². The van der Waals surface area contributed by atoms with Crippen LogP contribution in [0.1, 0.15) is 15.9 Å². The molecule has 2 rings (SSSR count). The molecule has 0 fully saturated rings. The van der Waals surface area contributed by atoms with E-state index in [1.165, 1.54) is 21.3 Å². The fourth-order valence-electron chi connectivity index (χ4n) is 2.12. The number of carbonyl (C=O) groups is 1. The lowest BCUT2D eigenvalue weighted by Gasteiger charge is -2.18. The number of phenolic OH excluding ortho intramolecular Hbond substituents is 1. The number of carbonyl (C=O) groups excluding carboxylic acids is 1. The summed E-state index contributed by atoms with van der Waals surface area (Å²) in [6.45, 7) is 0. The molecule has 2 aromatic rings. The highest BCUT2D eigenvalue weighted by Gasteiger charge is 2.31. The Balaban J connectivity index is 2.76. The fraction of sp³-hybridized carbons (Fsp3) is 0.214. The number of aromatic hydroxyl groups is 1. The molecule has 0 aliphatic heterocycles. The highest BCUT2D eigenvalue weighted by Crippen LogP contribution is 2.51. The Morgan fingerprint density at radius 2 is 1.71 bits per heavy atom. The van der Waals surface area contributed by atoms with Crippen molar-refractivity contribution in [3.8, 4) is 23.0 Å². The Labute approximate surface area is 142 Å². The molecule has 0 unspecified atom stereocenters. The number of hydrogen-bond donors (Lipinski definition) is 3. The van der Waals surface area contributed by atoms with E-state index in [1.54, 1.807) is 0 Å². The van der Waals surface area contributed by atoms with Gasteiger partial charge in [-0.05, 0) is 0 Å². The monoisotopic (exact) mass is 354 g/mol. The van der Waals surface area contributed by atoms with Crippen molar-refractivity contribution in [2.75, 3.05) is 32.8 Å². The second-order valence-corrected chi connectivity index (χ2v) is 4.87. The summed E-state index contributed by atoms with van der Waals surface area (Å²) in [5.74, 6) is -1.55. The molecule has 5 N–H and O–H groups in total. The van der Waals surface area contributed by atoms with Gasteiger partial charge in [0.15, 0.2) is 11.5 Å². The molecule has 0 aliphatic rings. The minimum atomic E-state index is -0.728. The zero-order valence-electron chi connectivity index (χ0n) is 13.1. The van der Waals surface area contributed by atoms with Crippen molar-refractivity contribution in [2.45, 2.75) is 0 Å². The average Bonchev–Trinajstić information content (AvgIpc) is 2.54. The number of nitrogen functional groups attached to an aromatic ring is 2. The van der Waals surface area contributed by atoms with Gasteiger partial charge in [0.05, 0.1) is 32.5 Å². The summed E-state index contributed by atoms with van der Waals surface area (Å²) in [4.78, 5) is 20.2. The summed E-state index contributed by atoms with van der Waals surface area (Å²) >= 11 is 6.21. The number of anilines is 2. The number of nitrogens with two attached hydrogens (primary N) is 2. The van der Waals surface area contributed by atoms with E-state index in [-0.39, 0.29) is 45.2 Å². The molecule has 0 aliphatic carbocycles. The number of hydrogen-bond acceptors (Lipinski definition) is 9. The van der Waals surface area contributed by atoms with Crippen molar-refractivity contribution in [1.29, 1.82) is 0 Å². The molecular weight excluding hydrogens is 340 g/mol. The van der Waals surface area contributed by atoms with Crippen LogP contribution in [-0.2, 0) is 0 Å². The van der Waals surface area contributed by atoms with Crippen LogP contribution in [0.2, 0.25) is 5.02 Å². The molecule has 1 heterocycles. The maximum absolute atomic E-state index is 12.8. The molecule has 0 saturated carbocycles. The van der Waals surface area contributed by atoms with E-state index in [9.17, 15) is 9.90 Å². The second kappa shape index (κ2) is 6.67. The average molecular weight is 355 g/mol. The van der Waals surface area contributed by atoms with E-state index in [2.05, 4.69) is 9.97 Å². The lowest BCUT2D eigenvalue weighted by molar-refractivity contribution is 0.103. The van der Waals surface area contributed by atoms with E-state index in [0.29, 0.717) is 0 Å². The van der Waals surface area contributed by atoms with Gasteiger partial charge in [-0.1, -0.05) is 11.6 Å². The number of aromatic nitrogens is 2. The van der Waals surface area contributed by atoms with Crippen LogP contribution in [0.3, 0.4) is 0 Å². The van der Waals surface area contributed by atoms with Gasteiger partial charge in [0.25, 0.3) is 0 Å². The normalized spacial score (nSPS) is 10.3. The van der Waals surface area contributed by atoms with Crippen LogP contribution >= 0.6 is 11.6 Å². The van der Waals surface area contributed by atoms with Crippen molar-refractivity contribution in [3.63, 3.8) is 0 Å². The number of methoxy groups -OCH3 is 3. The predicted octanol–water partition coefficient (Wildman–Crippen LogP) is 1.26. The molecule has 1 aromatic heterocycles. The number of benzene rings is 1. The van der Waals surface area contributed by atoms with Gasteiger partial charge in [-0.25, -0.2) is 4.98 Å². The highest BCUT2D eigenvalue weighted by molar-refractivity contribution is 6.37. The molecule has 0 radical (unpaired) electrons. The Hall–Kier alpha value is -2.94. The van der Waals surface area contributed by atoms with Crippen molar-refractivity contribution < 1.29 is 24.1 Å². The molecule has 9 nitrogen and oxygen atoms in total. The summed E-state index contributed by atoms with van der Waals surface area (Å²) in [6, 6.07) is 0. The summed E-state index contributed by atoms with van der Waals surface area (Å²) in [5.41, 5.74) is 10.7.